The van der Waals surface area contributed by atoms with E-state index in [0.717, 1.165) is 35.5 Å². The van der Waals surface area contributed by atoms with Gasteiger partial charge in [0.25, 0.3) is 0 Å². The van der Waals surface area contributed by atoms with Gasteiger partial charge in [0.05, 0.1) is 0 Å². The molecule has 0 saturated carbocycles. The fourth-order valence-electron chi connectivity index (χ4n) is 2.46. The van der Waals surface area contributed by atoms with Crippen LogP contribution in [-0.2, 0) is 6.42 Å². The Labute approximate surface area is 129 Å². The molecular weight excluding hydrogens is 296 g/mol. The van der Waals surface area contributed by atoms with Gasteiger partial charge in [-0.3, -0.25) is 4.79 Å². The van der Waals surface area contributed by atoms with Crippen LogP contribution in [0, 0.1) is 0 Å². The normalized spacial score (nSPS) is 15.6. The predicted octanol–water partition coefficient (Wildman–Crippen LogP) is 4.63. The van der Waals surface area contributed by atoms with Crippen LogP contribution < -0.4 is 8.85 Å². The van der Waals surface area contributed by atoms with Crippen molar-refractivity contribution in [2.45, 2.75) is 58.5 Å². The fourth-order valence-corrected chi connectivity index (χ4v) is 4.10. The Morgan fingerprint density at radius 1 is 0.857 bits per heavy atom. The highest BCUT2D eigenvalue weighted by Gasteiger charge is 2.26. The number of ketones is 1. The Hall–Kier alpha value is -1.08. The molecule has 5 heteroatoms. The number of aryl methyl sites for hydroxylation is 1. The molecule has 0 aromatic heterocycles. The van der Waals surface area contributed by atoms with Crippen molar-refractivity contribution in [3.8, 4) is 11.5 Å². The largest absolute Gasteiger partial charge is 0.542 e. The van der Waals surface area contributed by atoms with E-state index in [9.17, 15) is 4.79 Å². The Kier molecular flexibility index (Phi) is 4.35. The van der Waals surface area contributed by atoms with Crippen LogP contribution in [0.25, 0.3) is 0 Å². The summed E-state index contributed by atoms with van der Waals surface area (Å²) in [6, 6.07) is 3.96. The summed E-state index contributed by atoms with van der Waals surface area (Å²) in [6.07, 6.45) is 2.54. The number of benzene rings is 1. The zero-order valence-electron chi connectivity index (χ0n) is 14.0. The molecule has 21 heavy (non-hydrogen) atoms. The number of Topliss-reactive ketones (excluding diaryl/α,β-unsaturated/α-hetero) is 1. The molecule has 0 unspecified atom stereocenters. The summed E-state index contributed by atoms with van der Waals surface area (Å²) in [5, 5.41) is 0. The molecule has 3 nitrogen and oxygen atoms in total. The van der Waals surface area contributed by atoms with E-state index in [4.69, 9.17) is 8.85 Å². The maximum absolute atomic E-state index is 12.1. The lowest BCUT2D eigenvalue weighted by molar-refractivity contribution is 0.0972. The third-order valence-electron chi connectivity index (χ3n) is 3.15. The number of hydrogen-bond donors (Lipinski definition) is 0. The van der Waals surface area contributed by atoms with Crippen LogP contribution >= 0.6 is 0 Å². The molecular formula is C16H26O3Si2. The maximum Gasteiger partial charge on any atom is 0.242 e. The van der Waals surface area contributed by atoms with Gasteiger partial charge < -0.3 is 8.85 Å². The van der Waals surface area contributed by atoms with Crippen molar-refractivity contribution in [2.75, 3.05) is 0 Å². The zero-order valence-corrected chi connectivity index (χ0v) is 16.0. The molecule has 0 radical (unpaired) electrons. The SMILES string of the molecule is C[Si](C)(C)Oc1cc2c(cc1O[Si](C)(C)C)C(=O)CCC2. The summed E-state index contributed by atoms with van der Waals surface area (Å²) < 4.78 is 12.4. The summed E-state index contributed by atoms with van der Waals surface area (Å²) in [5.74, 6) is 1.81. The van der Waals surface area contributed by atoms with E-state index in [1.807, 2.05) is 12.1 Å². The Morgan fingerprint density at radius 3 is 1.90 bits per heavy atom. The highest BCUT2D eigenvalue weighted by Crippen LogP contribution is 2.37. The summed E-state index contributed by atoms with van der Waals surface area (Å²) in [5.41, 5.74) is 1.94. The van der Waals surface area contributed by atoms with Gasteiger partial charge in [-0.2, -0.15) is 0 Å². The number of rotatable bonds is 4. The van der Waals surface area contributed by atoms with E-state index in [1.54, 1.807) is 0 Å². The van der Waals surface area contributed by atoms with Crippen LogP contribution in [0.1, 0.15) is 28.8 Å². The monoisotopic (exact) mass is 322 g/mol. The summed E-state index contributed by atoms with van der Waals surface area (Å²) in [7, 11) is -3.46. The second kappa shape index (κ2) is 5.61. The van der Waals surface area contributed by atoms with Crippen molar-refractivity contribution < 1.29 is 13.6 Å². The van der Waals surface area contributed by atoms with Crippen LogP contribution in [0.4, 0.5) is 0 Å². The second-order valence-electron chi connectivity index (χ2n) is 7.66. The van der Waals surface area contributed by atoms with Crippen LogP contribution in [-0.4, -0.2) is 22.4 Å². The quantitative estimate of drug-likeness (QED) is 0.758. The van der Waals surface area contributed by atoms with Gasteiger partial charge in [0.15, 0.2) is 5.78 Å². The van der Waals surface area contributed by atoms with Gasteiger partial charge in [-0.05, 0) is 69.8 Å². The van der Waals surface area contributed by atoms with Crippen LogP contribution in [0.3, 0.4) is 0 Å². The van der Waals surface area contributed by atoms with Crippen molar-refractivity contribution >= 4 is 22.4 Å². The molecule has 1 aromatic carbocycles. The van der Waals surface area contributed by atoms with E-state index < -0.39 is 16.6 Å². The lowest BCUT2D eigenvalue weighted by Gasteiger charge is -2.28. The molecule has 1 aliphatic carbocycles. The van der Waals surface area contributed by atoms with Crippen molar-refractivity contribution in [1.29, 1.82) is 0 Å². The van der Waals surface area contributed by atoms with Gasteiger partial charge in [-0.1, -0.05) is 0 Å². The van der Waals surface area contributed by atoms with E-state index in [1.165, 1.54) is 0 Å². The standard InChI is InChI=1S/C16H26O3Si2/c1-20(2,3)18-15-10-12-8-7-9-14(17)13(12)11-16(15)19-21(4,5)6/h10-11H,7-9H2,1-6H3. The number of carbonyl (C=O) groups excluding carboxylic acids is 1. The van der Waals surface area contributed by atoms with E-state index in [-0.39, 0.29) is 5.78 Å². The summed E-state index contributed by atoms with van der Waals surface area (Å²) in [6.45, 7) is 12.9. The van der Waals surface area contributed by atoms with Crippen molar-refractivity contribution in [1.82, 2.24) is 0 Å². The third kappa shape index (κ3) is 4.44. The van der Waals surface area contributed by atoms with Gasteiger partial charge in [-0.25, -0.2) is 0 Å². The van der Waals surface area contributed by atoms with Gasteiger partial charge in [0, 0.05) is 12.0 Å². The highest BCUT2D eigenvalue weighted by molar-refractivity contribution is 6.71. The first kappa shape index (κ1) is 16.3. The smallest absolute Gasteiger partial charge is 0.242 e. The minimum atomic E-state index is -1.75. The number of fused-ring (bicyclic) bond motifs is 1. The third-order valence-corrected chi connectivity index (χ3v) is 4.82. The van der Waals surface area contributed by atoms with Gasteiger partial charge >= 0.3 is 0 Å². The van der Waals surface area contributed by atoms with Gasteiger partial charge in [-0.15, -0.1) is 0 Å². The van der Waals surface area contributed by atoms with Crippen LogP contribution in [0.5, 0.6) is 11.5 Å². The first-order valence-electron chi connectivity index (χ1n) is 7.63. The molecule has 2 rings (SSSR count). The topological polar surface area (TPSA) is 35.5 Å². The first-order chi connectivity index (χ1) is 9.55. The van der Waals surface area contributed by atoms with Crippen LogP contribution in [0.2, 0.25) is 39.3 Å². The molecule has 0 amide bonds. The molecule has 0 aliphatic heterocycles. The Bertz CT molecular complexity index is 554. The average molecular weight is 323 g/mol. The Morgan fingerprint density at radius 2 is 1.38 bits per heavy atom. The van der Waals surface area contributed by atoms with E-state index >= 15 is 0 Å². The minimum absolute atomic E-state index is 0.233. The van der Waals surface area contributed by atoms with Crippen molar-refractivity contribution in [3.63, 3.8) is 0 Å². The van der Waals surface area contributed by atoms with Gasteiger partial charge in [0.1, 0.15) is 11.5 Å². The first-order valence-corrected chi connectivity index (χ1v) is 14.4. The zero-order chi connectivity index (χ0) is 15.8. The predicted molar refractivity (Wildman–Crippen MR) is 91.7 cm³/mol. The molecule has 0 saturated heterocycles. The molecule has 0 heterocycles. The lowest BCUT2D eigenvalue weighted by atomic mass is 9.90. The second-order valence-corrected chi connectivity index (χ2v) is 16.5. The van der Waals surface area contributed by atoms with Crippen molar-refractivity contribution in [3.05, 3.63) is 23.3 Å². The highest BCUT2D eigenvalue weighted by atomic mass is 28.4. The Balaban J connectivity index is 2.48. The molecule has 0 fully saturated rings. The molecule has 1 aliphatic rings. The molecule has 0 atom stereocenters. The molecule has 1 aromatic rings. The number of carbonyl (C=O) groups is 1. The van der Waals surface area contributed by atoms with E-state index in [2.05, 4.69) is 39.3 Å². The lowest BCUT2D eigenvalue weighted by Crippen LogP contribution is -2.32. The molecule has 0 bridgehead atoms. The molecule has 0 N–H and O–H groups in total. The maximum atomic E-state index is 12.1. The molecule has 116 valence electrons. The minimum Gasteiger partial charge on any atom is -0.542 e. The van der Waals surface area contributed by atoms with Gasteiger partial charge in [0.2, 0.25) is 16.6 Å². The molecule has 0 spiro atoms. The fraction of sp³-hybridized carbons (Fsp3) is 0.562. The summed E-state index contributed by atoms with van der Waals surface area (Å²) >= 11 is 0. The van der Waals surface area contributed by atoms with Crippen molar-refractivity contribution in [2.24, 2.45) is 0 Å². The number of hydrogen-bond acceptors (Lipinski definition) is 3. The summed E-state index contributed by atoms with van der Waals surface area (Å²) in [4.78, 5) is 12.1. The average Bonchev–Trinajstić information content (AvgIpc) is 2.27. The van der Waals surface area contributed by atoms with E-state index in [0.29, 0.717) is 6.42 Å². The van der Waals surface area contributed by atoms with Crippen LogP contribution in [0.15, 0.2) is 12.1 Å².